The highest BCUT2D eigenvalue weighted by Crippen LogP contribution is 2.30. The van der Waals surface area contributed by atoms with Gasteiger partial charge in [-0.15, -0.1) is 4.91 Å². The maximum Gasteiger partial charge on any atom is 0.251 e. The summed E-state index contributed by atoms with van der Waals surface area (Å²) in [5.74, 6) is -0.844. The van der Waals surface area contributed by atoms with Gasteiger partial charge in [-0.3, -0.25) is 14.9 Å². The minimum atomic E-state index is -0.789. The zero-order valence-corrected chi connectivity index (χ0v) is 12.3. The number of benzene rings is 1. The number of hydrogen-bond donors (Lipinski definition) is 3. The third kappa shape index (κ3) is 3.22. The highest BCUT2D eigenvalue weighted by Gasteiger charge is 2.34. The fourth-order valence-electron chi connectivity index (χ4n) is 2.49. The number of rotatable bonds is 6. The van der Waals surface area contributed by atoms with Gasteiger partial charge in [-0.1, -0.05) is 6.07 Å². The summed E-state index contributed by atoms with van der Waals surface area (Å²) in [5, 5.41) is 9.32. The average molecular weight is 305 g/mol. The molecule has 0 bridgehead atoms. The molecular weight excluding hydrogens is 286 g/mol. The summed E-state index contributed by atoms with van der Waals surface area (Å²) in [6, 6.07) is 4.64. The predicted octanol–water partition coefficient (Wildman–Crippen LogP) is 0.522. The Morgan fingerprint density at radius 1 is 1.45 bits per heavy atom. The molecule has 2 amide bonds. The molecule has 0 aliphatic carbocycles. The molecule has 8 nitrogen and oxygen atoms in total. The Hall–Kier alpha value is -2.48. The summed E-state index contributed by atoms with van der Waals surface area (Å²) < 4.78 is 0. The average Bonchev–Trinajstić information content (AvgIpc) is 2.51. The number of nitrogens with two attached hydrogens (primary N) is 1. The zero-order chi connectivity index (χ0) is 16.1. The minimum absolute atomic E-state index is 0.183. The number of amides is 2. The number of hydrogen-bond acceptors (Lipinski definition) is 6. The summed E-state index contributed by atoms with van der Waals surface area (Å²) in [4.78, 5) is 34.4. The first-order valence-electron chi connectivity index (χ1n) is 7.07. The van der Waals surface area contributed by atoms with E-state index in [1.54, 1.807) is 13.1 Å². The Balaban J connectivity index is 2.32. The van der Waals surface area contributed by atoms with Crippen LogP contribution in [0.15, 0.2) is 23.5 Å². The van der Waals surface area contributed by atoms with Crippen molar-refractivity contribution < 1.29 is 9.59 Å². The van der Waals surface area contributed by atoms with Gasteiger partial charge in [0.2, 0.25) is 5.91 Å². The maximum absolute atomic E-state index is 11.9. The quantitative estimate of drug-likeness (QED) is 0.401. The number of carbonyl (C=O) groups excluding carboxylic acids is 2. The summed E-state index contributed by atoms with van der Waals surface area (Å²) in [5.41, 5.74) is 7.73. The number of nitroso groups, excluding NO2 is 1. The van der Waals surface area contributed by atoms with Crippen molar-refractivity contribution in [1.82, 2.24) is 5.32 Å². The molecule has 8 heteroatoms. The van der Waals surface area contributed by atoms with Crippen molar-refractivity contribution in [1.29, 1.82) is 0 Å². The van der Waals surface area contributed by atoms with Crippen LogP contribution in [0.1, 0.15) is 18.4 Å². The first-order valence-corrected chi connectivity index (χ1v) is 7.07. The molecule has 4 N–H and O–H groups in total. The molecule has 0 spiro atoms. The lowest BCUT2D eigenvalue weighted by molar-refractivity contribution is -0.134. The lowest BCUT2D eigenvalue weighted by Gasteiger charge is -2.29. The van der Waals surface area contributed by atoms with Gasteiger partial charge in [-0.2, -0.15) is 0 Å². The maximum atomic E-state index is 11.9. The van der Waals surface area contributed by atoms with Crippen LogP contribution < -0.4 is 21.4 Å². The number of nitrogens with one attached hydrogen (secondary N) is 2. The zero-order valence-electron chi connectivity index (χ0n) is 12.3. The van der Waals surface area contributed by atoms with Gasteiger partial charge in [0, 0.05) is 13.5 Å². The first-order chi connectivity index (χ1) is 10.6. The van der Waals surface area contributed by atoms with Gasteiger partial charge < -0.3 is 11.1 Å². The third-order valence-electron chi connectivity index (χ3n) is 3.60. The molecule has 2 rings (SSSR count). The standard InChI is InChI=1S/C14H19N5O3/c1-16-10-8-9(6-7-15)2-3-11(10)19(18-22)12-4-5-13(20)17-14(12)21/h2-3,8,12,16H,4-7,15H2,1H3,(H,17,20,21). The summed E-state index contributed by atoms with van der Waals surface area (Å²) in [6.45, 7) is 0.519. The van der Waals surface area contributed by atoms with E-state index in [0.29, 0.717) is 24.3 Å². The van der Waals surface area contributed by atoms with Crippen LogP contribution in [0.2, 0.25) is 0 Å². The Kier molecular flexibility index (Phi) is 5.05. The second-order valence-corrected chi connectivity index (χ2v) is 5.03. The van der Waals surface area contributed by atoms with Gasteiger partial charge in [-0.25, -0.2) is 5.01 Å². The van der Waals surface area contributed by atoms with E-state index in [-0.39, 0.29) is 18.7 Å². The molecule has 1 aromatic rings. The lowest BCUT2D eigenvalue weighted by atomic mass is 10.0. The third-order valence-corrected chi connectivity index (χ3v) is 3.60. The second kappa shape index (κ2) is 6.99. The van der Waals surface area contributed by atoms with Crippen LogP contribution in [0.5, 0.6) is 0 Å². The van der Waals surface area contributed by atoms with Gasteiger partial charge in [0.1, 0.15) is 6.04 Å². The molecule has 1 saturated heterocycles. The van der Waals surface area contributed by atoms with Crippen LogP contribution in [0.25, 0.3) is 0 Å². The Labute approximate surface area is 128 Å². The normalized spacial score (nSPS) is 17.8. The Bertz CT molecular complexity index is 590. The number of piperidine rings is 1. The topological polar surface area (TPSA) is 117 Å². The number of nitrogens with zero attached hydrogens (tertiary/aromatic N) is 2. The van der Waals surface area contributed by atoms with Crippen LogP contribution in [0.4, 0.5) is 11.4 Å². The molecule has 22 heavy (non-hydrogen) atoms. The van der Waals surface area contributed by atoms with Crippen LogP contribution in [-0.2, 0) is 16.0 Å². The van der Waals surface area contributed by atoms with Gasteiger partial charge in [0.15, 0.2) is 0 Å². The van der Waals surface area contributed by atoms with Crippen molar-refractivity contribution in [2.45, 2.75) is 25.3 Å². The molecule has 0 aromatic heterocycles. The van der Waals surface area contributed by atoms with E-state index in [4.69, 9.17) is 5.73 Å². The van der Waals surface area contributed by atoms with Crippen molar-refractivity contribution >= 4 is 23.2 Å². The molecule has 1 atom stereocenters. The fourth-order valence-corrected chi connectivity index (χ4v) is 2.49. The van der Waals surface area contributed by atoms with E-state index < -0.39 is 11.9 Å². The monoisotopic (exact) mass is 305 g/mol. The van der Waals surface area contributed by atoms with Crippen LogP contribution in [-0.4, -0.2) is 31.4 Å². The number of imide groups is 1. The van der Waals surface area contributed by atoms with E-state index >= 15 is 0 Å². The van der Waals surface area contributed by atoms with Crippen LogP contribution >= 0.6 is 0 Å². The largest absolute Gasteiger partial charge is 0.386 e. The van der Waals surface area contributed by atoms with Gasteiger partial charge in [0.25, 0.3) is 5.91 Å². The molecule has 1 aromatic carbocycles. The summed E-state index contributed by atoms with van der Waals surface area (Å²) in [6.07, 6.45) is 1.15. The number of anilines is 2. The molecule has 118 valence electrons. The smallest absolute Gasteiger partial charge is 0.251 e. The van der Waals surface area contributed by atoms with E-state index in [0.717, 1.165) is 10.6 Å². The van der Waals surface area contributed by atoms with Crippen molar-refractivity contribution in [3.63, 3.8) is 0 Å². The first kappa shape index (κ1) is 15.9. The van der Waals surface area contributed by atoms with E-state index in [2.05, 4.69) is 15.9 Å². The van der Waals surface area contributed by atoms with Crippen LogP contribution in [0.3, 0.4) is 0 Å². The van der Waals surface area contributed by atoms with Crippen molar-refractivity contribution in [2.75, 3.05) is 23.9 Å². The molecule has 0 saturated carbocycles. The predicted molar refractivity (Wildman–Crippen MR) is 83.2 cm³/mol. The van der Waals surface area contributed by atoms with Crippen molar-refractivity contribution in [3.8, 4) is 0 Å². The molecule has 1 fully saturated rings. The highest BCUT2D eigenvalue weighted by atomic mass is 16.3. The highest BCUT2D eigenvalue weighted by molar-refractivity contribution is 6.02. The molecule has 1 aliphatic heterocycles. The summed E-state index contributed by atoms with van der Waals surface area (Å²) >= 11 is 0. The van der Waals surface area contributed by atoms with Crippen LogP contribution in [0, 0.1) is 4.91 Å². The summed E-state index contributed by atoms with van der Waals surface area (Å²) in [7, 11) is 1.72. The van der Waals surface area contributed by atoms with Gasteiger partial charge in [0.05, 0.1) is 16.7 Å². The van der Waals surface area contributed by atoms with Crippen molar-refractivity contribution in [2.24, 2.45) is 11.0 Å². The molecule has 1 aliphatic rings. The van der Waals surface area contributed by atoms with E-state index in [9.17, 15) is 14.5 Å². The molecule has 1 unspecified atom stereocenters. The molecule has 0 radical (unpaired) electrons. The van der Waals surface area contributed by atoms with E-state index in [1.165, 1.54) is 0 Å². The van der Waals surface area contributed by atoms with E-state index in [1.807, 2.05) is 12.1 Å². The van der Waals surface area contributed by atoms with Crippen molar-refractivity contribution in [3.05, 3.63) is 28.7 Å². The fraction of sp³-hybridized carbons (Fsp3) is 0.429. The minimum Gasteiger partial charge on any atom is -0.386 e. The molecule has 1 heterocycles. The second-order valence-electron chi connectivity index (χ2n) is 5.03. The Morgan fingerprint density at radius 3 is 2.82 bits per heavy atom. The SMILES string of the molecule is CNc1cc(CCN)ccc1N(N=O)C1CCC(=O)NC1=O. The molecular formula is C14H19N5O3. The Morgan fingerprint density at radius 2 is 2.23 bits per heavy atom. The van der Waals surface area contributed by atoms with Gasteiger partial charge >= 0.3 is 0 Å². The number of carbonyl (C=O) groups is 2. The van der Waals surface area contributed by atoms with Gasteiger partial charge in [-0.05, 0) is 37.1 Å². The lowest BCUT2D eigenvalue weighted by Crippen LogP contribution is -2.51.